The van der Waals surface area contributed by atoms with Crippen LogP contribution in [0.2, 0.25) is 0 Å². The van der Waals surface area contributed by atoms with Crippen molar-refractivity contribution in [2.75, 3.05) is 26.4 Å². The van der Waals surface area contributed by atoms with Gasteiger partial charge in [0.2, 0.25) is 5.91 Å². The molecule has 0 aromatic carbocycles. The average molecular weight is 241 g/mol. The Bertz CT molecular complexity index is 212. The minimum absolute atomic E-state index is 0. The van der Waals surface area contributed by atoms with Crippen molar-refractivity contribution in [3.8, 4) is 0 Å². The van der Waals surface area contributed by atoms with Gasteiger partial charge in [-0.1, -0.05) is 0 Å². The summed E-state index contributed by atoms with van der Waals surface area (Å²) < 4.78 is 9.81. The van der Waals surface area contributed by atoms with Crippen LogP contribution in [0.4, 0.5) is 0 Å². The number of nitrogens with one attached hydrogen (secondary N) is 1. The van der Waals surface area contributed by atoms with E-state index in [1.807, 2.05) is 6.92 Å². The van der Waals surface area contributed by atoms with Gasteiger partial charge in [-0.3, -0.25) is 4.79 Å². The maximum absolute atomic E-state index is 10.6. The van der Waals surface area contributed by atoms with Gasteiger partial charge in [0, 0.05) is 13.0 Å². The molecule has 1 N–H and O–H groups in total. The number of carboxylic acid groups (broad SMARTS) is 1. The van der Waals surface area contributed by atoms with Crippen molar-refractivity contribution in [2.45, 2.75) is 19.9 Å². The quantitative estimate of drug-likeness (QED) is 0.341. The third-order valence-electron chi connectivity index (χ3n) is 1.41. The largest absolute Gasteiger partial charge is 1.00 e. The van der Waals surface area contributed by atoms with Crippen molar-refractivity contribution in [1.82, 2.24) is 5.32 Å². The Kier molecular flexibility index (Phi) is 12.9. The molecule has 16 heavy (non-hydrogen) atoms. The SMILES string of the molecule is CC(=O)NC(C)COCCOCC(=O)[O-].[Na+]. The van der Waals surface area contributed by atoms with Gasteiger partial charge in [-0.15, -0.1) is 0 Å². The van der Waals surface area contributed by atoms with Crippen LogP contribution >= 0.6 is 0 Å². The van der Waals surface area contributed by atoms with Crippen molar-refractivity contribution in [1.29, 1.82) is 0 Å². The van der Waals surface area contributed by atoms with Crippen molar-refractivity contribution < 1.29 is 53.7 Å². The van der Waals surface area contributed by atoms with E-state index in [1.54, 1.807) is 0 Å². The summed E-state index contributed by atoms with van der Waals surface area (Å²) in [6, 6.07) is -0.0661. The molecule has 1 atom stereocenters. The third kappa shape index (κ3) is 13.9. The molecule has 0 aliphatic carbocycles. The molecule has 0 saturated heterocycles. The molecule has 0 rings (SSSR count). The van der Waals surface area contributed by atoms with Crippen molar-refractivity contribution in [3.05, 3.63) is 0 Å². The molecule has 0 saturated carbocycles. The molecule has 0 aliphatic heterocycles. The van der Waals surface area contributed by atoms with Crippen LogP contribution in [0.1, 0.15) is 13.8 Å². The second-order valence-corrected chi connectivity index (χ2v) is 3.10. The first-order chi connectivity index (χ1) is 7.02. The number of carbonyl (C=O) groups is 2. The number of carboxylic acids is 1. The zero-order chi connectivity index (χ0) is 11.7. The van der Waals surface area contributed by atoms with Crippen molar-refractivity contribution in [3.63, 3.8) is 0 Å². The Balaban J connectivity index is 0. The normalized spacial score (nSPS) is 11.4. The molecule has 0 fully saturated rings. The summed E-state index contributed by atoms with van der Waals surface area (Å²) in [4.78, 5) is 20.5. The molecule has 0 spiro atoms. The van der Waals surface area contributed by atoms with E-state index in [2.05, 4.69) is 10.1 Å². The van der Waals surface area contributed by atoms with Crippen LogP contribution in [0.3, 0.4) is 0 Å². The molecule has 0 aromatic rings. The molecular weight excluding hydrogens is 225 g/mol. The average Bonchev–Trinajstić information content (AvgIpc) is 2.09. The number of hydrogen-bond donors (Lipinski definition) is 1. The summed E-state index contributed by atoms with van der Waals surface area (Å²) in [5.74, 6) is -1.36. The van der Waals surface area contributed by atoms with Gasteiger partial charge in [0.15, 0.2) is 0 Å². The van der Waals surface area contributed by atoms with E-state index in [-0.39, 0.29) is 54.7 Å². The second kappa shape index (κ2) is 11.3. The van der Waals surface area contributed by atoms with Crippen molar-refractivity contribution in [2.24, 2.45) is 0 Å². The van der Waals surface area contributed by atoms with Crippen LogP contribution in [0.15, 0.2) is 0 Å². The first kappa shape index (κ1) is 18.2. The van der Waals surface area contributed by atoms with E-state index < -0.39 is 12.6 Å². The van der Waals surface area contributed by atoms with Gasteiger partial charge in [0.25, 0.3) is 0 Å². The van der Waals surface area contributed by atoms with E-state index in [4.69, 9.17) is 4.74 Å². The van der Waals surface area contributed by atoms with Gasteiger partial charge < -0.3 is 24.7 Å². The third-order valence-corrected chi connectivity index (χ3v) is 1.41. The Hall–Kier alpha value is -0.140. The molecule has 0 radical (unpaired) electrons. The molecule has 6 nitrogen and oxygen atoms in total. The molecule has 1 amide bonds. The van der Waals surface area contributed by atoms with E-state index in [0.717, 1.165) is 0 Å². The molecule has 1 unspecified atom stereocenters. The number of ether oxygens (including phenoxy) is 2. The van der Waals surface area contributed by atoms with Crippen molar-refractivity contribution >= 4 is 11.9 Å². The predicted molar refractivity (Wildman–Crippen MR) is 49.9 cm³/mol. The summed E-state index contributed by atoms with van der Waals surface area (Å²) in [5.41, 5.74) is 0. The van der Waals surface area contributed by atoms with Crippen LogP contribution in [-0.4, -0.2) is 44.3 Å². The maximum Gasteiger partial charge on any atom is 1.00 e. The van der Waals surface area contributed by atoms with Gasteiger partial charge >= 0.3 is 29.6 Å². The Labute approximate surface area is 117 Å². The Morgan fingerprint density at radius 2 is 1.88 bits per heavy atom. The van der Waals surface area contributed by atoms with Crippen LogP contribution < -0.4 is 40.0 Å². The minimum atomic E-state index is -1.25. The minimum Gasteiger partial charge on any atom is -0.548 e. The van der Waals surface area contributed by atoms with Crippen LogP contribution in [0.5, 0.6) is 0 Å². The number of rotatable bonds is 8. The maximum atomic E-state index is 10.6. The van der Waals surface area contributed by atoms with Gasteiger partial charge in [-0.05, 0) is 6.92 Å². The first-order valence-electron chi connectivity index (χ1n) is 4.64. The Morgan fingerprint density at radius 3 is 2.38 bits per heavy atom. The summed E-state index contributed by atoms with van der Waals surface area (Å²) in [7, 11) is 0. The smallest absolute Gasteiger partial charge is 0.548 e. The number of hydrogen-bond acceptors (Lipinski definition) is 5. The summed E-state index contributed by atoms with van der Waals surface area (Å²) in [6.07, 6.45) is 0. The van der Waals surface area contributed by atoms with Crippen LogP contribution in [-0.2, 0) is 19.1 Å². The summed E-state index contributed by atoms with van der Waals surface area (Å²) in [6.45, 7) is 3.67. The van der Waals surface area contributed by atoms with E-state index in [1.165, 1.54) is 6.92 Å². The fraction of sp³-hybridized carbons (Fsp3) is 0.778. The standard InChI is InChI=1S/C9H17NO5.Na/c1-7(10-8(2)11)5-14-3-4-15-6-9(12)13;/h7H,3-6H2,1-2H3,(H,10,11)(H,12,13);/q;+1/p-1. The summed E-state index contributed by atoms with van der Waals surface area (Å²) >= 11 is 0. The van der Waals surface area contributed by atoms with Gasteiger partial charge in [0.1, 0.15) is 0 Å². The van der Waals surface area contributed by atoms with Gasteiger partial charge in [-0.2, -0.15) is 0 Å². The second-order valence-electron chi connectivity index (χ2n) is 3.10. The predicted octanol–water partition coefficient (Wildman–Crippen LogP) is -4.70. The Morgan fingerprint density at radius 1 is 1.31 bits per heavy atom. The fourth-order valence-corrected chi connectivity index (χ4v) is 0.922. The van der Waals surface area contributed by atoms with Crippen LogP contribution in [0, 0.1) is 0 Å². The van der Waals surface area contributed by atoms with E-state index in [9.17, 15) is 14.7 Å². The van der Waals surface area contributed by atoms with Gasteiger partial charge in [-0.25, -0.2) is 0 Å². The topological polar surface area (TPSA) is 87.7 Å². The molecule has 0 aromatic heterocycles. The summed E-state index contributed by atoms with van der Waals surface area (Å²) in [5, 5.41) is 12.6. The monoisotopic (exact) mass is 241 g/mol. The molecule has 0 aliphatic rings. The molecular formula is C9H16NNaO5. The number of amides is 1. The van der Waals surface area contributed by atoms with E-state index >= 15 is 0 Å². The zero-order valence-electron chi connectivity index (χ0n) is 9.95. The molecule has 0 heterocycles. The fourth-order valence-electron chi connectivity index (χ4n) is 0.922. The van der Waals surface area contributed by atoms with Gasteiger partial charge in [0.05, 0.1) is 32.4 Å². The molecule has 0 bridgehead atoms. The van der Waals surface area contributed by atoms with E-state index in [0.29, 0.717) is 6.61 Å². The van der Waals surface area contributed by atoms with Crippen LogP contribution in [0.25, 0.3) is 0 Å². The number of carbonyl (C=O) groups excluding carboxylic acids is 2. The number of aliphatic carboxylic acids is 1. The zero-order valence-corrected chi connectivity index (χ0v) is 11.9. The molecule has 88 valence electrons. The first-order valence-corrected chi connectivity index (χ1v) is 4.64. The molecule has 7 heteroatoms.